The Morgan fingerprint density at radius 2 is 1.76 bits per heavy atom. The summed E-state index contributed by atoms with van der Waals surface area (Å²) in [5.41, 5.74) is 1.24. The first-order valence-corrected chi connectivity index (χ1v) is 7.47. The molecule has 1 aromatic carbocycles. The van der Waals surface area contributed by atoms with Gasteiger partial charge < -0.3 is 5.32 Å². The molecular formula is C15H22BrN. The van der Waals surface area contributed by atoms with E-state index in [0.29, 0.717) is 6.04 Å². The molecule has 0 aliphatic heterocycles. The second kappa shape index (κ2) is 5.90. The molecule has 0 radical (unpaired) electrons. The first-order chi connectivity index (χ1) is 8.16. The Morgan fingerprint density at radius 3 is 2.35 bits per heavy atom. The van der Waals surface area contributed by atoms with E-state index < -0.39 is 0 Å². The minimum Gasteiger partial charge on any atom is -0.381 e. The van der Waals surface area contributed by atoms with Crippen molar-refractivity contribution in [2.24, 2.45) is 11.8 Å². The first kappa shape index (κ1) is 12.9. The van der Waals surface area contributed by atoms with Crippen LogP contribution < -0.4 is 5.32 Å². The van der Waals surface area contributed by atoms with Crippen LogP contribution in [0, 0.1) is 11.8 Å². The molecule has 17 heavy (non-hydrogen) atoms. The lowest BCUT2D eigenvalue weighted by atomic mass is 9.79. The summed E-state index contributed by atoms with van der Waals surface area (Å²) in [5, 5.41) is 3.66. The molecule has 1 saturated carbocycles. The molecule has 2 rings (SSSR count). The molecule has 0 amide bonds. The first-order valence-electron chi connectivity index (χ1n) is 6.68. The minimum atomic E-state index is 0.656. The quantitative estimate of drug-likeness (QED) is 0.820. The number of anilines is 1. The predicted molar refractivity (Wildman–Crippen MR) is 78.3 cm³/mol. The van der Waals surface area contributed by atoms with Gasteiger partial charge in [-0.15, -0.1) is 0 Å². The molecule has 2 heteroatoms. The molecule has 1 aromatic rings. The van der Waals surface area contributed by atoms with Crippen molar-refractivity contribution in [1.29, 1.82) is 0 Å². The van der Waals surface area contributed by atoms with Crippen molar-refractivity contribution in [3.63, 3.8) is 0 Å². The van der Waals surface area contributed by atoms with Gasteiger partial charge in [0.25, 0.3) is 0 Å². The number of hydrogen-bond acceptors (Lipinski definition) is 1. The standard InChI is InChI=1S/C15H22BrN/c1-11(2)12-7-9-13(10-8-12)17-15-6-4-3-5-14(15)16/h3-6,11-13,17H,7-10H2,1-2H3. The summed E-state index contributed by atoms with van der Waals surface area (Å²) < 4.78 is 1.17. The largest absolute Gasteiger partial charge is 0.381 e. The second-order valence-electron chi connectivity index (χ2n) is 5.48. The number of benzene rings is 1. The number of halogens is 1. The van der Waals surface area contributed by atoms with Gasteiger partial charge in [-0.05, 0) is 65.6 Å². The molecule has 94 valence electrons. The summed E-state index contributed by atoms with van der Waals surface area (Å²) in [4.78, 5) is 0. The lowest BCUT2D eigenvalue weighted by Crippen LogP contribution is -2.28. The Hall–Kier alpha value is -0.500. The average molecular weight is 296 g/mol. The number of nitrogens with one attached hydrogen (secondary N) is 1. The maximum atomic E-state index is 3.66. The van der Waals surface area contributed by atoms with Crippen molar-refractivity contribution in [2.75, 3.05) is 5.32 Å². The fraction of sp³-hybridized carbons (Fsp3) is 0.600. The van der Waals surface area contributed by atoms with Crippen LogP contribution in [-0.2, 0) is 0 Å². The smallest absolute Gasteiger partial charge is 0.0486 e. The fourth-order valence-corrected chi connectivity index (χ4v) is 3.13. The van der Waals surface area contributed by atoms with Crippen molar-refractivity contribution in [2.45, 2.75) is 45.6 Å². The molecule has 1 aliphatic rings. The molecular weight excluding hydrogens is 274 g/mol. The van der Waals surface area contributed by atoms with Gasteiger partial charge in [0.1, 0.15) is 0 Å². The Bertz CT molecular complexity index is 354. The van der Waals surface area contributed by atoms with Crippen LogP contribution in [-0.4, -0.2) is 6.04 Å². The zero-order valence-corrected chi connectivity index (χ0v) is 12.3. The van der Waals surface area contributed by atoms with Crippen LogP contribution in [0.15, 0.2) is 28.7 Å². The van der Waals surface area contributed by atoms with E-state index in [2.05, 4.69) is 59.4 Å². The number of para-hydroxylation sites is 1. The second-order valence-corrected chi connectivity index (χ2v) is 6.33. The van der Waals surface area contributed by atoms with Gasteiger partial charge >= 0.3 is 0 Å². The van der Waals surface area contributed by atoms with E-state index in [-0.39, 0.29) is 0 Å². The van der Waals surface area contributed by atoms with Gasteiger partial charge in [-0.2, -0.15) is 0 Å². The molecule has 0 unspecified atom stereocenters. The summed E-state index contributed by atoms with van der Waals surface area (Å²) >= 11 is 3.60. The van der Waals surface area contributed by atoms with Gasteiger partial charge in [-0.1, -0.05) is 26.0 Å². The highest BCUT2D eigenvalue weighted by Crippen LogP contribution is 2.32. The van der Waals surface area contributed by atoms with E-state index in [4.69, 9.17) is 0 Å². The van der Waals surface area contributed by atoms with E-state index in [1.165, 1.54) is 35.8 Å². The van der Waals surface area contributed by atoms with E-state index in [1.807, 2.05) is 0 Å². The molecule has 0 aromatic heterocycles. The highest BCUT2D eigenvalue weighted by Gasteiger charge is 2.23. The topological polar surface area (TPSA) is 12.0 Å². The van der Waals surface area contributed by atoms with Crippen LogP contribution in [0.2, 0.25) is 0 Å². The van der Waals surface area contributed by atoms with E-state index in [1.54, 1.807) is 0 Å². The molecule has 1 fully saturated rings. The van der Waals surface area contributed by atoms with Crippen LogP contribution in [0.1, 0.15) is 39.5 Å². The van der Waals surface area contributed by atoms with E-state index >= 15 is 0 Å². The van der Waals surface area contributed by atoms with Crippen LogP contribution >= 0.6 is 15.9 Å². The van der Waals surface area contributed by atoms with Crippen molar-refractivity contribution in [1.82, 2.24) is 0 Å². The maximum absolute atomic E-state index is 3.66. The highest BCUT2D eigenvalue weighted by molar-refractivity contribution is 9.10. The molecule has 1 aliphatic carbocycles. The summed E-state index contributed by atoms with van der Waals surface area (Å²) in [6.07, 6.45) is 5.37. The molecule has 0 saturated heterocycles. The summed E-state index contributed by atoms with van der Waals surface area (Å²) in [5.74, 6) is 1.78. The molecule has 0 bridgehead atoms. The molecule has 0 spiro atoms. The van der Waals surface area contributed by atoms with Crippen molar-refractivity contribution < 1.29 is 0 Å². The molecule has 1 N–H and O–H groups in total. The normalized spacial score (nSPS) is 24.9. The Labute approximate surface area is 113 Å². The Morgan fingerprint density at radius 1 is 1.12 bits per heavy atom. The number of rotatable bonds is 3. The van der Waals surface area contributed by atoms with Gasteiger partial charge in [-0.25, -0.2) is 0 Å². The van der Waals surface area contributed by atoms with Gasteiger partial charge in [0, 0.05) is 16.2 Å². The average Bonchev–Trinajstić information content (AvgIpc) is 2.33. The lowest BCUT2D eigenvalue weighted by molar-refractivity contribution is 0.267. The third-order valence-corrected chi connectivity index (χ3v) is 4.64. The summed E-state index contributed by atoms with van der Waals surface area (Å²) in [6, 6.07) is 9.06. The van der Waals surface area contributed by atoms with E-state index in [9.17, 15) is 0 Å². The summed E-state index contributed by atoms with van der Waals surface area (Å²) in [7, 11) is 0. The zero-order chi connectivity index (χ0) is 12.3. The summed E-state index contributed by atoms with van der Waals surface area (Å²) in [6.45, 7) is 4.71. The predicted octanol–water partition coefficient (Wildman–Crippen LogP) is 5.08. The van der Waals surface area contributed by atoms with Crippen molar-refractivity contribution >= 4 is 21.6 Å². The third kappa shape index (κ3) is 3.48. The lowest BCUT2D eigenvalue weighted by Gasteiger charge is -2.32. The molecule has 1 nitrogen and oxygen atoms in total. The van der Waals surface area contributed by atoms with Gasteiger partial charge in [0.2, 0.25) is 0 Å². The Balaban J connectivity index is 1.88. The molecule has 0 atom stereocenters. The highest BCUT2D eigenvalue weighted by atomic mass is 79.9. The van der Waals surface area contributed by atoms with E-state index in [0.717, 1.165) is 11.8 Å². The Kier molecular flexibility index (Phi) is 4.49. The van der Waals surface area contributed by atoms with Crippen LogP contribution in [0.5, 0.6) is 0 Å². The van der Waals surface area contributed by atoms with Gasteiger partial charge in [-0.3, -0.25) is 0 Å². The van der Waals surface area contributed by atoms with Crippen LogP contribution in [0.25, 0.3) is 0 Å². The SMILES string of the molecule is CC(C)C1CCC(Nc2ccccc2Br)CC1. The zero-order valence-electron chi connectivity index (χ0n) is 10.7. The van der Waals surface area contributed by atoms with Gasteiger partial charge in [0.05, 0.1) is 0 Å². The third-order valence-electron chi connectivity index (χ3n) is 3.95. The van der Waals surface area contributed by atoms with Crippen LogP contribution in [0.4, 0.5) is 5.69 Å². The number of hydrogen-bond donors (Lipinski definition) is 1. The van der Waals surface area contributed by atoms with Crippen LogP contribution in [0.3, 0.4) is 0 Å². The monoisotopic (exact) mass is 295 g/mol. The maximum Gasteiger partial charge on any atom is 0.0486 e. The van der Waals surface area contributed by atoms with Gasteiger partial charge in [0.15, 0.2) is 0 Å². The minimum absolute atomic E-state index is 0.656. The van der Waals surface area contributed by atoms with Crippen molar-refractivity contribution in [3.8, 4) is 0 Å². The van der Waals surface area contributed by atoms with Crippen molar-refractivity contribution in [3.05, 3.63) is 28.7 Å². The fourth-order valence-electron chi connectivity index (χ4n) is 2.73. The molecule has 0 heterocycles.